The molecular weight excluding hydrogens is 218 g/mol. The predicted molar refractivity (Wildman–Crippen MR) is 70.3 cm³/mol. The van der Waals surface area contributed by atoms with Crippen LogP contribution in [0.4, 0.5) is 5.69 Å². The van der Waals surface area contributed by atoms with Crippen LogP contribution in [0.2, 0.25) is 0 Å². The van der Waals surface area contributed by atoms with Crippen molar-refractivity contribution in [2.45, 2.75) is 37.1 Å². The van der Waals surface area contributed by atoms with E-state index in [9.17, 15) is 0 Å². The summed E-state index contributed by atoms with van der Waals surface area (Å²) in [4.78, 5) is 1.37. The number of nitrogens with one attached hydrogen (secondary N) is 1. The van der Waals surface area contributed by atoms with Crippen molar-refractivity contribution in [2.75, 3.05) is 17.7 Å². The van der Waals surface area contributed by atoms with E-state index in [4.69, 9.17) is 5.11 Å². The molecule has 88 valence electrons. The maximum atomic E-state index is 8.83. The molecule has 0 aromatic heterocycles. The second kappa shape index (κ2) is 5.60. The molecule has 1 aromatic rings. The highest BCUT2D eigenvalue weighted by Gasteiger charge is 2.17. The van der Waals surface area contributed by atoms with Crippen LogP contribution in [-0.2, 0) is 6.42 Å². The van der Waals surface area contributed by atoms with Crippen LogP contribution in [0.3, 0.4) is 0 Å². The van der Waals surface area contributed by atoms with Gasteiger partial charge < -0.3 is 10.4 Å². The zero-order chi connectivity index (χ0) is 11.4. The highest BCUT2D eigenvalue weighted by molar-refractivity contribution is 7.99. The quantitative estimate of drug-likeness (QED) is 0.844. The maximum Gasteiger partial charge on any atom is 0.0481 e. The number of rotatable bonds is 4. The third kappa shape index (κ3) is 2.71. The van der Waals surface area contributed by atoms with Crippen molar-refractivity contribution in [3.8, 4) is 0 Å². The molecule has 1 aromatic carbocycles. The zero-order valence-corrected chi connectivity index (χ0v) is 10.5. The summed E-state index contributed by atoms with van der Waals surface area (Å²) in [5.74, 6) is 1.11. The normalized spacial score (nSPS) is 19.0. The molecule has 0 fully saturated rings. The van der Waals surface area contributed by atoms with Crippen LogP contribution >= 0.6 is 11.8 Å². The summed E-state index contributed by atoms with van der Waals surface area (Å²) in [5, 5.41) is 12.4. The second-order valence-electron chi connectivity index (χ2n) is 4.20. The van der Waals surface area contributed by atoms with Gasteiger partial charge in [0.1, 0.15) is 0 Å². The monoisotopic (exact) mass is 237 g/mol. The Balaban J connectivity index is 2.04. The van der Waals surface area contributed by atoms with Gasteiger partial charge in [-0.25, -0.2) is 0 Å². The molecule has 0 saturated carbocycles. The number of thioether (sulfide) groups is 1. The van der Waals surface area contributed by atoms with Gasteiger partial charge in [0.15, 0.2) is 0 Å². The van der Waals surface area contributed by atoms with Gasteiger partial charge in [-0.3, -0.25) is 0 Å². The molecule has 3 heteroatoms. The van der Waals surface area contributed by atoms with Crippen LogP contribution in [0.25, 0.3) is 0 Å². The number of anilines is 1. The summed E-state index contributed by atoms with van der Waals surface area (Å²) in [5.41, 5.74) is 2.67. The molecule has 1 heterocycles. The SMILES string of the molecule is CCc1ccc2c(c1)SCC(CCCO)N2. The molecule has 0 spiro atoms. The molecule has 1 unspecified atom stereocenters. The summed E-state index contributed by atoms with van der Waals surface area (Å²) in [6, 6.07) is 7.18. The van der Waals surface area contributed by atoms with Crippen molar-refractivity contribution in [1.29, 1.82) is 0 Å². The third-order valence-corrected chi connectivity index (χ3v) is 4.18. The van der Waals surface area contributed by atoms with Crippen LogP contribution in [0.5, 0.6) is 0 Å². The number of hydrogen-bond acceptors (Lipinski definition) is 3. The molecule has 0 radical (unpaired) electrons. The van der Waals surface area contributed by atoms with Gasteiger partial charge in [-0.2, -0.15) is 0 Å². The fourth-order valence-corrected chi connectivity index (χ4v) is 3.12. The van der Waals surface area contributed by atoms with Gasteiger partial charge in [-0.1, -0.05) is 13.0 Å². The summed E-state index contributed by atoms with van der Waals surface area (Å²) in [6.45, 7) is 2.48. The van der Waals surface area contributed by atoms with E-state index in [1.54, 1.807) is 0 Å². The van der Waals surface area contributed by atoms with E-state index >= 15 is 0 Å². The van der Waals surface area contributed by atoms with E-state index in [2.05, 4.69) is 30.4 Å². The van der Waals surface area contributed by atoms with Crippen molar-refractivity contribution in [2.24, 2.45) is 0 Å². The van der Waals surface area contributed by atoms with E-state index in [-0.39, 0.29) is 0 Å². The molecule has 0 amide bonds. The first-order chi connectivity index (χ1) is 7.83. The molecular formula is C13H19NOS. The average molecular weight is 237 g/mol. The Morgan fingerprint density at radius 2 is 2.38 bits per heavy atom. The maximum absolute atomic E-state index is 8.83. The Hall–Kier alpha value is -0.670. The Kier molecular flexibility index (Phi) is 4.13. The van der Waals surface area contributed by atoms with Crippen molar-refractivity contribution in [3.63, 3.8) is 0 Å². The van der Waals surface area contributed by atoms with Crippen molar-refractivity contribution >= 4 is 17.4 Å². The van der Waals surface area contributed by atoms with Crippen molar-refractivity contribution in [3.05, 3.63) is 23.8 Å². The first-order valence-corrected chi connectivity index (χ1v) is 6.95. The molecule has 0 aliphatic carbocycles. The third-order valence-electron chi connectivity index (χ3n) is 2.96. The lowest BCUT2D eigenvalue weighted by Crippen LogP contribution is -2.26. The predicted octanol–water partition coefficient (Wildman–Crippen LogP) is 2.91. The summed E-state index contributed by atoms with van der Waals surface area (Å²) >= 11 is 1.93. The standard InChI is InChI=1S/C13H19NOS/c1-2-10-5-6-12-13(8-10)16-9-11(14-12)4-3-7-15/h5-6,8,11,14-15H,2-4,7,9H2,1H3. The second-order valence-corrected chi connectivity index (χ2v) is 5.26. The van der Waals surface area contributed by atoms with E-state index in [0.717, 1.165) is 25.0 Å². The van der Waals surface area contributed by atoms with Crippen LogP contribution < -0.4 is 5.32 Å². The summed E-state index contributed by atoms with van der Waals surface area (Å²) in [7, 11) is 0. The zero-order valence-electron chi connectivity index (χ0n) is 9.70. The van der Waals surface area contributed by atoms with E-state index in [0.29, 0.717) is 12.6 Å². The van der Waals surface area contributed by atoms with E-state index < -0.39 is 0 Å². The smallest absolute Gasteiger partial charge is 0.0481 e. The molecule has 0 saturated heterocycles. The number of aliphatic hydroxyl groups excluding tert-OH is 1. The van der Waals surface area contributed by atoms with Crippen LogP contribution in [0.1, 0.15) is 25.3 Å². The lowest BCUT2D eigenvalue weighted by Gasteiger charge is -2.26. The number of aliphatic hydroxyl groups is 1. The van der Waals surface area contributed by atoms with Crippen LogP contribution in [-0.4, -0.2) is 23.5 Å². The Morgan fingerprint density at radius 1 is 1.50 bits per heavy atom. The average Bonchev–Trinajstić information content (AvgIpc) is 2.35. The van der Waals surface area contributed by atoms with Crippen molar-refractivity contribution < 1.29 is 5.11 Å². The molecule has 1 atom stereocenters. The van der Waals surface area contributed by atoms with Gasteiger partial charge >= 0.3 is 0 Å². The lowest BCUT2D eigenvalue weighted by atomic mass is 10.1. The Morgan fingerprint density at radius 3 is 3.12 bits per heavy atom. The topological polar surface area (TPSA) is 32.3 Å². The fraction of sp³-hybridized carbons (Fsp3) is 0.538. The lowest BCUT2D eigenvalue weighted by molar-refractivity contribution is 0.282. The van der Waals surface area contributed by atoms with Crippen molar-refractivity contribution in [1.82, 2.24) is 0 Å². The van der Waals surface area contributed by atoms with Gasteiger partial charge in [0.05, 0.1) is 0 Å². The van der Waals surface area contributed by atoms with E-state index in [1.807, 2.05) is 11.8 Å². The number of fused-ring (bicyclic) bond motifs is 1. The molecule has 1 aliphatic heterocycles. The van der Waals surface area contributed by atoms with Gasteiger partial charge in [0, 0.05) is 29.0 Å². The number of benzene rings is 1. The molecule has 1 aliphatic rings. The van der Waals surface area contributed by atoms with Gasteiger partial charge in [-0.05, 0) is 37.0 Å². The fourth-order valence-electron chi connectivity index (χ4n) is 1.97. The van der Waals surface area contributed by atoms with E-state index in [1.165, 1.54) is 16.1 Å². The minimum absolute atomic E-state index is 0.296. The van der Waals surface area contributed by atoms with Crippen LogP contribution in [0.15, 0.2) is 23.1 Å². The van der Waals surface area contributed by atoms with Gasteiger partial charge in [0.25, 0.3) is 0 Å². The number of hydrogen-bond donors (Lipinski definition) is 2. The highest BCUT2D eigenvalue weighted by atomic mass is 32.2. The molecule has 16 heavy (non-hydrogen) atoms. The van der Waals surface area contributed by atoms with Crippen LogP contribution in [0, 0.1) is 0 Å². The Labute approximate surface area is 101 Å². The van der Waals surface area contributed by atoms with Gasteiger partial charge in [-0.15, -0.1) is 11.8 Å². The first kappa shape index (κ1) is 11.8. The minimum Gasteiger partial charge on any atom is -0.396 e. The molecule has 2 N–H and O–H groups in total. The minimum atomic E-state index is 0.296. The molecule has 2 rings (SSSR count). The first-order valence-electron chi connectivity index (χ1n) is 5.96. The number of aryl methyl sites for hydroxylation is 1. The molecule has 0 bridgehead atoms. The molecule has 2 nitrogen and oxygen atoms in total. The summed E-state index contributed by atoms with van der Waals surface area (Å²) in [6.07, 6.45) is 3.04. The largest absolute Gasteiger partial charge is 0.396 e. The Bertz CT molecular complexity index is 354. The van der Waals surface area contributed by atoms with Gasteiger partial charge in [0.2, 0.25) is 0 Å². The summed E-state index contributed by atoms with van der Waals surface area (Å²) < 4.78 is 0. The highest BCUT2D eigenvalue weighted by Crippen LogP contribution is 2.34.